The number of hydrogen-bond donors (Lipinski definition) is 0. The van der Waals surface area contributed by atoms with Crippen LogP contribution in [0.3, 0.4) is 0 Å². The maximum atomic E-state index is 8.70. The second-order valence-corrected chi connectivity index (χ2v) is 4.65. The maximum absolute atomic E-state index is 8.70. The van der Waals surface area contributed by atoms with Crippen LogP contribution >= 0.6 is 11.8 Å². The first kappa shape index (κ1) is 12.5. The number of thioether (sulfide) groups is 1. The fraction of sp³-hybridized carbons (Fsp3) is 0.133. The molecule has 0 fully saturated rings. The van der Waals surface area contributed by atoms with Crippen LogP contribution in [0.1, 0.15) is 11.1 Å². The lowest BCUT2D eigenvalue weighted by Crippen LogP contribution is -1.95. The number of nitrogens with zero attached hydrogens (tertiary/aromatic N) is 1. The molecule has 0 radical (unpaired) electrons. The molecule has 0 aromatic heterocycles. The lowest BCUT2D eigenvalue weighted by Gasteiger charge is -2.06. The molecule has 0 N–H and O–H groups in total. The predicted octanol–water partition coefficient (Wildman–Crippen LogP) is 3.86. The molecule has 0 heterocycles. The molecule has 0 bridgehead atoms. The highest BCUT2D eigenvalue weighted by Gasteiger charge is 1.97. The van der Waals surface area contributed by atoms with Gasteiger partial charge in [0, 0.05) is 4.90 Å². The Labute approximate surface area is 111 Å². The van der Waals surface area contributed by atoms with Crippen LogP contribution in [-0.2, 0) is 6.61 Å². The summed E-state index contributed by atoms with van der Waals surface area (Å²) >= 11 is 1.71. The highest BCUT2D eigenvalue weighted by Crippen LogP contribution is 2.19. The van der Waals surface area contributed by atoms with E-state index in [1.807, 2.05) is 42.7 Å². The minimum Gasteiger partial charge on any atom is -0.489 e. The van der Waals surface area contributed by atoms with Gasteiger partial charge < -0.3 is 4.74 Å². The van der Waals surface area contributed by atoms with Gasteiger partial charge in [0.25, 0.3) is 0 Å². The normalized spacial score (nSPS) is 9.78. The monoisotopic (exact) mass is 255 g/mol. The summed E-state index contributed by atoms with van der Waals surface area (Å²) in [5, 5.41) is 8.70. The van der Waals surface area contributed by atoms with Crippen LogP contribution in [0.5, 0.6) is 5.75 Å². The summed E-state index contributed by atoms with van der Waals surface area (Å²) in [5.41, 5.74) is 1.73. The summed E-state index contributed by atoms with van der Waals surface area (Å²) in [6.45, 7) is 0.518. The molecule has 2 aromatic carbocycles. The Bertz CT molecular complexity index is 540. The molecule has 0 aliphatic heterocycles. The summed E-state index contributed by atoms with van der Waals surface area (Å²) in [7, 11) is 0. The fourth-order valence-electron chi connectivity index (χ4n) is 1.51. The third-order valence-electron chi connectivity index (χ3n) is 2.55. The lowest BCUT2D eigenvalue weighted by atomic mass is 10.2. The summed E-state index contributed by atoms with van der Waals surface area (Å²) in [6, 6.07) is 17.5. The fourth-order valence-corrected chi connectivity index (χ4v) is 1.92. The van der Waals surface area contributed by atoms with E-state index in [2.05, 4.69) is 6.07 Å². The minimum atomic E-state index is 0.518. The predicted molar refractivity (Wildman–Crippen MR) is 73.7 cm³/mol. The topological polar surface area (TPSA) is 33.0 Å². The first-order valence-electron chi connectivity index (χ1n) is 5.58. The maximum Gasteiger partial charge on any atom is 0.119 e. The van der Waals surface area contributed by atoms with Gasteiger partial charge >= 0.3 is 0 Å². The van der Waals surface area contributed by atoms with Crippen LogP contribution in [0.2, 0.25) is 0 Å². The number of benzene rings is 2. The van der Waals surface area contributed by atoms with Crippen molar-refractivity contribution in [1.82, 2.24) is 0 Å². The van der Waals surface area contributed by atoms with Gasteiger partial charge in [0.1, 0.15) is 12.4 Å². The molecule has 0 atom stereocenters. The lowest BCUT2D eigenvalue weighted by molar-refractivity contribution is 0.306. The first-order chi connectivity index (χ1) is 8.81. The largest absolute Gasteiger partial charge is 0.489 e. The molecule has 0 spiro atoms. The van der Waals surface area contributed by atoms with Crippen molar-refractivity contribution in [1.29, 1.82) is 5.26 Å². The van der Waals surface area contributed by atoms with Gasteiger partial charge in [-0.15, -0.1) is 11.8 Å². The van der Waals surface area contributed by atoms with Gasteiger partial charge in [0.05, 0.1) is 11.6 Å². The Morgan fingerprint density at radius 3 is 2.28 bits per heavy atom. The third-order valence-corrected chi connectivity index (χ3v) is 3.29. The van der Waals surface area contributed by atoms with Crippen LogP contribution in [0.25, 0.3) is 0 Å². The zero-order valence-electron chi connectivity index (χ0n) is 10.1. The molecule has 2 rings (SSSR count). The molecule has 0 aliphatic rings. The zero-order valence-corrected chi connectivity index (χ0v) is 10.9. The molecule has 0 amide bonds. The van der Waals surface area contributed by atoms with Crippen LogP contribution in [0.4, 0.5) is 0 Å². The summed E-state index contributed by atoms with van der Waals surface area (Å²) < 4.78 is 5.67. The third kappa shape index (κ3) is 3.28. The average Bonchev–Trinajstić information content (AvgIpc) is 2.46. The van der Waals surface area contributed by atoms with E-state index in [-0.39, 0.29) is 0 Å². The second-order valence-electron chi connectivity index (χ2n) is 3.77. The molecule has 3 heteroatoms. The quantitative estimate of drug-likeness (QED) is 0.778. The van der Waals surface area contributed by atoms with E-state index >= 15 is 0 Å². The van der Waals surface area contributed by atoms with E-state index in [1.54, 1.807) is 23.9 Å². The van der Waals surface area contributed by atoms with Gasteiger partial charge in [-0.2, -0.15) is 5.26 Å². The van der Waals surface area contributed by atoms with Gasteiger partial charge in [0.15, 0.2) is 0 Å². The number of hydrogen-bond acceptors (Lipinski definition) is 3. The molecular formula is C15H13NOS. The molecule has 18 heavy (non-hydrogen) atoms. The van der Waals surface area contributed by atoms with Crippen molar-refractivity contribution in [3.63, 3.8) is 0 Å². The number of nitriles is 1. The molecule has 2 nitrogen and oxygen atoms in total. The highest BCUT2D eigenvalue weighted by atomic mass is 32.2. The molecule has 0 saturated carbocycles. The Morgan fingerprint density at radius 2 is 1.72 bits per heavy atom. The molecule has 0 unspecified atom stereocenters. The van der Waals surface area contributed by atoms with E-state index in [1.165, 1.54) is 4.90 Å². The standard InChI is InChI=1S/C15H13NOS/c1-18-15-8-6-14(7-9-15)17-11-13-4-2-12(10-16)3-5-13/h2-9H,11H2,1H3. The summed E-state index contributed by atoms with van der Waals surface area (Å²) in [6.07, 6.45) is 2.05. The van der Waals surface area contributed by atoms with E-state index in [9.17, 15) is 0 Å². The molecule has 0 saturated heterocycles. The Hall–Kier alpha value is -1.92. The molecule has 90 valence electrons. The van der Waals surface area contributed by atoms with Gasteiger partial charge in [-0.3, -0.25) is 0 Å². The first-order valence-corrected chi connectivity index (χ1v) is 6.80. The van der Waals surface area contributed by atoms with E-state index < -0.39 is 0 Å². The van der Waals surface area contributed by atoms with E-state index in [0.717, 1.165) is 11.3 Å². The van der Waals surface area contributed by atoms with Crippen molar-refractivity contribution in [2.24, 2.45) is 0 Å². The molecular weight excluding hydrogens is 242 g/mol. The molecule has 2 aromatic rings. The summed E-state index contributed by atoms with van der Waals surface area (Å²) in [5.74, 6) is 0.858. The Kier molecular flexibility index (Phi) is 4.27. The van der Waals surface area contributed by atoms with Crippen LogP contribution < -0.4 is 4.74 Å². The average molecular weight is 255 g/mol. The Morgan fingerprint density at radius 1 is 1.06 bits per heavy atom. The van der Waals surface area contributed by atoms with Gasteiger partial charge in [0.2, 0.25) is 0 Å². The Balaban J connectivity index is 1.95. The molecule has 0 aliphatic carbocycles. The smallest absolute Gasteiger partial charge is 0.119 e. The van der Waals surface area contributed by atoms with E-state index in [0.29, 0.717) is 12.2 Å². The number of ether oxygens (including phenoxy) is 1. The van der Waals surface area contributed by atoms with Crippen LogP contribution in [-0.4, -0.2) is 6.26 Å². The van der Waals surface area contributed by atoms with Gasteiger partial charge in [-0.05, 0) is 48.2 Å². The van der Waals surface area contributed by atoms with Crippen molar-refractivity contribution < 1.29 is 4.74 Å². The van der Waals surface area contributed by atoms with Crippen molar-refractivity contribution >= 4 is 11.8 Å². The van der Waals surface area contributed by atoms with Crippen LogP contribution in [0.15, 0.2) is 53.4 Å². The van der Waals surface area contributed by atoms with Gasteiger partial charge in [-0.25, -0.2) is 0 Å². The van der Waals surface area contributed by atoms with Crippen molar-refractivity contribution in [2.75, 3.05) is 6.26 Å². The summed E-state index contributed by atoms with van der Waals surface area (Å²) in [4.78, 5) is 1.22. The highest BCUT2D eigenvalue weighted by molar-refractivity contribution is 7.98. The van der Waals surface area contributed by atoms with Crippen LogP contribution in [0, 0.1) is 11.3 Å². The van der Waals surface area contributed by atoms with Crippen molar-refractivity contribution in [3.8, 4) is 11.8 Å². The second kappa shape index (κ2) is 6.13. The number of rotatable bonds is 4. The van der Waals surface area contributed by atoms with E-state index in [4.69, 9.17) is 10.00 Å². The zero-order chi connectivity index (χ0) is 12.8. The van der Waals surface area contributed by atoms with Crippen molar-refractivity contribution in [2.45, 2.75) is 11.5 Å². The van der Waals surface area contributed by atoms with Gasteiger partial charge in [-0.1, -0.05) is 12.1 Å². The SMILES string of the molecule is CSc1ccc(OCc2ccc(C#N)cc2)cc1. The minimum absolute atomic E-state index is 0.518. The van der Waals surface area contributed by atoms with Crippen molar-refractivity contribution in [3.05, 3.63) is 59.7 Å².